The van der Waals surface area contributed by atoms with Gasteiger partial charge in [0.2, 0.25) is 0 Å². The van der Waals surface area contributed by atoms with E-state index in [0.29, 0.717) is 11.4 Å². The number of H-pyrrole nitrogens is 1. The Hall–Kier alpha value is -3.74. The molecule has 4 aromatic rings. The van der Waals surface area contributed by atoms with Gasteiger partial charge in [0.05, 0.1) is 14.2 Å². The maximum absolute atomic E-state index is 13.1. The van der Waals surface area contributed by atoms with E-state index in [4.69, 9.17) is 9.47 Å². The van der Waals surface area contributed by atoms with Crippen LogP contribution < -0.4 is 14.8 Å². The summed E-state index contributed by atoms with van der Waals surface area (Å²) in [5.74, 6) is 1.95. The predicted molar refractivity (Wildman–Crippen MR) is 110 cm³/mol. The number of nitrogens with zero attached hydrogens (tertiary/aromatic N) is 2. The summed E-state index contributed by atoms with van der Waals surface area (Å²) in [7, 11) is 5.13. The third-order valence-electron chi connectivity index (χ3n) is 4.89. The quantitative estimate of drug-likeness (QED) is 0.528. The summed E-state index contributed by atoms with van der Waals surface area (Å²) in [5.41, 5.74) is 2.18. The van der Waals surface area contributed by atoms with E-state index in [9.17, 15) is 4.79 Å². The Kier molecular flexibility index (Phi) is 4.95. The number of benzene rings is 2. The first-order valence-electron chi connectivity index (χ1n) is 9.18. The van der Waals surface area contributed by atoms with Gasteiger partial charge in [-0.2, -0.15) is 0 Å². The van der Waals surface area contributed by atoms with Gasteiger partial charge < -0.3 is 24.3 Å². The molecule has 1 amide bonds. The normalized spacial score (nSPS) is 12.0. The number of aromatic amines is 1. The Labute approximate surface area is 168 Å². The van der Waals surface area contributed by atoms with E-state index in [1.165, 1.54) is 0 Å². The van der Waals surface area contributed by atoms with Crippen LogP contribution in [0, 0.1) is 0 Å². The van der Waals surface area contributed by atoms with Crippen molar-refractivity contribution in [2.24, 2.45) is 7.05 Å². The molecule has 0 aliphatic heterocycles. The molecule has 0 aliphatic carbocycles. The van der Waals surface area contributed by atoms with E-state index >= 15 is 0 Å². The van der Waals surface area contributed by atoms with Crippen molar-refractivity contribution >= 4 is 16.8 Å². The van der Waals surface area contributed by atoms with Crippen molar-refractivity contribution in [2.75, 3.05) is 14.2 Å². The number of hydrogen-bond acceptors (Lipinski definition) is 4. The first kappa shape index (κ1) is 18.6. The van der Waals surface area contributed by atoms with Crippen molar-refractivity contribution in [1.29, 1.82) is 0 Å². The van der Waals surface area contributed by atoms with E-state index in [0.717, 1.165) is 28.0 Å². The molecule has 0 aliphatic rings. The molecule has 7 heteroatoms. The Balaban J connectivity index is 1.68. The van der Waals surface area contributed by atoms with Gasteiger partial charge in [-0.3, -0.25) is 4.79 Å². The fourth-order valence-corrected chi connectivity index (χ4v) is 3.34. The first-order chi connectivity index (χ1) is 14.1. The van der Waals surface area contributed by atoms with Gasteiger partial charge in [0.1, 0.15) is 29.1 Å². The van der Waals surface area contributed by atoms with E-state index < -0.39 is 6.04 Å². The van der Waals surface area contributed by atoms with Crippen molar-refractivity contribution < 1.29 is 14.3 Å². The van der Waals surface area contributed by atoms with Crippen LogP contribution in [0.25, 0.3) is 10.9 Å². The highest BCUT2D eigenvalue weighted by molar-refractivity contribution is 5.98. The van der Waals surface area contributed by atoms with Crippen LogP contribution in [0.1, 0.15) is 27.9 Å². The van der Waals surface area contributed by atoms with Crippen LogP contribution in [0.3, 0.4) is 0 Å². The van der Waals surface area contributed by atoms with Crippen molar-refractivity contribution in [1.82, 2.24) is 19.9 Å². The highest BCUT2D eigenvalue weighted by atomic mass is 16.5. The fourth-order valence-electron chi connectivity index (χ4n) is 3.34. The lowest BCUT2D eigenvalue weighted by molar-refractivity contribution is 0.0937. The molecule has 2 heterocycles. The van der Waals surface area contributed by atoms with Crippen LogP contribution in [-0.4, -0.2) is 34.7 Å². The smallest absolute Gasteiger partial charge is 0.268 e. The third-order valence-corrected chi connectivity index (χ3v) is 4.89. The second-order valence-electron chi connectivity index (χ2n) is 6.72. The van der Waals surface area contributed by atoms with Crippen molar-refractivity contribution in [2.45, 2.75) is 6.04 Å². The summed E-state index contributed by atoms with van der Waals surface area (Å²) in [6.07, 6.45) is 3.56. The zero-order chi connectivity index (χ0) is 20.4. The summed E-state index contributed by atoms with van der Waals surface area (Å²) < 4.78 is 12.5. The Morgan fingerprint density at radius 1 is 1.10 bits per heavy atom. The molecule has 4 rings (SSSR count). The number of hydrogen-bond donors (Lipinski definition) is 2. The standard InChI is InChI=1S/C22H22N4O3/c1-26-10-9-23-21(26)20(15-5-4-6-16(11-15)28-2)25-22(27)19-12-14-7-8-17(29-3)13-18(14)24-19/h4-13,20,24H,1-3H3,(H,25,27). The monoisotopic (exact) mass is 390 g/mol. The SMILES string of the molecule is COc1cccc(C(NC(=O)c2cc3ccc(OC)cc3[nH]2)c2nccn2C)c1. The van der Waals surface area contributed by atoms with Gasteiger partial charge in [0.25, 0.3) is 5.91 Å². The minimum Gasteiger partial charge on any atom is -0.497 e. The second kappa shape index (κ2) is 7.71. The summed E-state index contributed by atoms with van der Waals surface area (Å²) in [5, 5.41) is 4.03. The molecule has 0 spiro atoms. The number of carbonyl (C=O) groups excluding carboxylic acids is 1. The van der Waals surface area contributed by atoms with Crippen molar-refractivity contribution in [3.63, 3.8) is 0 Å². The molecule has 0 radical (unpaired) electrons. The predicted octanol–water partition coefficient (Wildman–Crippen LogP) is 3.44. The topological polar surface area (TPSA) is 81.2 Å². The lowest BCUT2D eigenvalue weighted by atomic mass is 10.1. The molecule has 2 aromatic heterocycles. The summed E-state index contributed by atoms with van der Waals surface area (Å²) in [6, 6.07) is 14.6. The molecule has 1 unspecified atom stereocenters. The number of aromatic nitrogens is 3. The number of carbonyl (C=O) groups is 1. The third kappa shape index (κ3) is 3.67. The molecule has 7 nitrogen and oxygen atoms in total. The van der Waals surface area contributed by atoms with Crippen LogP contribution in [-0.2, 0) is 7.05 Å². The Morgan fingerprint density at radius 2 is 1.90 bits per heavy atom. The van der Waals surface area contributed by atoms with Gasteiger partial charge in [-0.05, 0) is 35.9 Å². The maximum atomic E-state index is 13.1. The largest absolute Gasteiger partial charge is 0.497 e. The lowest BCUT2D eigenvalue weighted by Gasteiger charge is -2.19. The minimum atomic E-state index is -0.432. The molecule has 1 atom stereocenters. The molecular weight excluding hydrogens is 368 g/mol. The molecule has 0 fully saturated rings. The van der Waals surface area contributed by atoms with Crippen LogP contribution >= 0.6 is 0 Å². The summed E-state index contributed by atoms with van der Waals surface area (Å²) in [4.78, 5) is 20.7. The van der Waals surface area contributed by atoms with E-state index in [2.05, 4.69) is 15.3 Å². The van der Waals surface area contributed by atoms with Gasteiger partial charge in [-0.1, -0.05) is 12.1 Å². The van der Waals surface area contributed by atoms with Gasteiger partial charge in [0, 0.05) is 36.4 Å². The lowest BCUT2D eigenvalue weighted by Crippen LogP contribution is -2.31. The van der Waals surface area contributed by atoms with Crippen LogP contribution in [0.5, 0.6) is 11.5 Å². The summed E-state index contributed by atoms with van der Waals surface area (Å²) in [6.45, 7) is 0. The van der Waals surface area contributed by atoms with Crippen molar-refractivity contribution in [3.05, 3.63) is 78.0 Å². The molecule has 0 saturated carbocycles. The van der Waals surface area contributed by atoms with Gasteiger partial charge in [-0.15, -0.1) is 0 Å². The number of aryl methyl sites for hydroxylation is 1. The molecule has 2 aromatic carbocycles. The van der Waals surface area contributed by atoms with Crippen LogP contribution in [0.2, 0.25) is 0 Å². The van der Waals surface area contributed by atoms with Crippen LogP contribution in [0.4, 0.5) is 0 Å². The minimum absolute atomic E-state index is 0.226. The molecule has 2 N–H and O–H groups in total. The van der Waals surface area contributed by atoms with Crippen LogP contribution in [0.15, 0.2) is 60.9 Å². The van der Waals surface area contributed by atoms with Gasteiger partial charge in [-0.25, -0.2) is 4.98 Å². The van der Waals surface area contributed by atoms with Crippen molar-refractivity contribution in [3.8, 4) is 11.5 Å². The number of methoxy groups -OCH3 is 2. The second-order valence-corrected chi connectivity index (χ2v) is 6.72. The average molecular weight is 390 g/mol. The maximum Gasteiger partial charge on any atom is 0.268 e. The van der Waals surface area contributed by atoms with Gasteiger partial charge >= 0.3 is 0 Å². The zero-order valence-corrected chi connectivity index (χ0v) is 16.5. The number of amides is 1. The Morgan fingerprint density at radius 3 is 2.62 bits per heavy atom. The molecule has 148 valence electrons. The molecule has 0 bridgehead atoms. The number of imidazole rings is 1. The summed E-state index contributed by atoms with van der Waals surface area (Å²) >= 11 is 0. The Bertz CT molecular complexity index is 1160. The zero-order valence-electron chi connectivity index (χ0n) is 16.5. The van der Waals surface area contributed by atoms with Gasteiger partial charge in [0.15, 0.2) is 0 Å². The highest BCUT2D eigenvalue weighted by Gasteiger charge is 2.23. The molecule has 29 heavy (non-hydrogen) atoms. The van der Waals surface area contributed by atoms with E-state index in [-0.39, 0.29) is 5.91 Å². The fraction of sp³-hybridized carbons (Fsp3) is 0.182. The van der Waals surface area contributed by atoms with E-state index in [1.54, 1.807) is 20.4 Å². The number of fused-ring (bicyclic) bond motifs is 1. The average Bonchev–Trinajstić information content (AvgIpc) is 3.37. The number of nitrogens with one attached hydrogen (secondary N) is 2. The molecule has 0 saturated heterocycles. The number of ether oxygens (including phenoxy) is 2. The highest BCUT2D eigenvalue weighted by Crippen LogP contribution is 2.26. The van der Waals surface area contributed by atoms with E-state index in [1.807, 2.05) is 66.3 Å². The number of rotatable bonds is 6. The molecular formula is C22H22N4O3. The first-order valence-corrected chi connectivity index (χ1v) is 9.18.